The van der Waals surface area contributed by atoms with E-state index in [2.05, 4.69) is 58.8 Å². The van der Waals surface area contributed by atoms with Gasteiger partial charge in [0, 0.05) is 12.1 Å². The second-order valence-electron chi connectivity index (χ2n) is 4.53. The molecule has 0 unspecified atom stereocenters. The average Bonchev–Trinajstić information content (AvgIpc) is 2.46. The number of halogens is 1. The highest BCUT2D eigenvalue weighted by Crippen LogP contribution is 2.22. The van der Waals surface area contributed by atoms with Gasteiger partial charge < -0.3 is 5.32 Å². The van der Waals surface area contributed by atoms with E-state index in [1.165, 1.54) is 16.8 Å². The van der Waals surface area contributed by atoms with Crippen LogP contribution in [0.25, 0.3) is 0 Å². The van der Waals surface area contributed by atoms with Gasteiger partial charge in [0.15, 0.2) is 0 Å². The van der Waals surface area contributed by atoms with Gasteiger partial charge in [-0.2, -0.15) is 0 Å². The first-order valence-electron chi connectivity index (χ1n) is 6.34. The molecule has 0 aliphatic carbocycles. The molecule has 0 saturated carbocycles. The van der Waals surface area contributed by atoms with Gasteiger partial charge in [-0.05, 0) is 23.6 Å². The minimum Gasteiger partial charge on any atom is -0.344 e. The number of nitrogens with zero attached hydrogens (tertiary/aromatic N) is 1. The lowest BCUT2D eigenvalue weighted by molar-refractivity contribution is 0.972. The Morgan fingerprint density at radius 1 is 0.895 bits per heavy atom. The molecule has 0 aromatic heterocycles. The molecule has 3 rings (SSSR count). The maximum Gasteiger partial charge on any atom is 0.101 e. The monoisotopic (exact) mass is 272 g/mol. The number of hydrogen-bond acceptors (Lipinski definition) is 1. The summed E-state index contributed by atoms with van der Waals surface area (Å²) in [5.74, 6) is 1.09. The third-order valence-corrected chi connectivity index (χ3v) is 3.22. The molecule has 0 saturated heterocycles. The Morgan fingerprint density at radius 2 is 1.63 bits per heavy atom. The van der Waals surface area contributed by atoms with Crippen molar-refractivity contribution in [2.45, 2.75) is 19.4 Å². The standard InChI is InChI=1S/C16H16N2.ClH/c1-2-6-13(7-3-1)12-17-16-11-10-14-8-4-5-9-15(14)18-16;/h1-9H,10-12H2,(H,17,18);1H. The van der Waals surface area contributed by atoms with E-state index in [-0.39, 0.29) is 12.4 Å². The van der Waals surface area contributed by atoms with E-state index in [0.29, 0.717) is 0 Å². The van der Waals surface area contributed by atoms with E-state index < -0.39 is 0 Å². The first kappa shape index (κ1) is 13.6. The highest BCUT2D eigenvalue weighted by molar-refractivity contribution is 5.98. The molecule has 0 atom stereocenters. The van der Waals surface area contributed by atoms with Crippen molar-refractivity contribution in [3.8, 4) is 0 Å². The zero-order chi connectivity index (χ0) is 12.2. The van der Waals surface area contributed by atoms with Crippen molar-refractivity contribution in [1.82, 2.24) is 0 Å². The number of rotatable bonds is 2. The van der Waals surface area contributed by atoms with Crippen molar-refractivity contribution >= 4 is 23.9 Å². The van der Waals surface area contributed by atoms with Crippen molar-refractivity contribution in [1.29, 1.82) is 0 Å². The Labute approximate surface area is 120 Å². The van der Waals surface area contributed by atoms with Gasteiger partial charge in [0.25, 0.3) is 0 Å². The van der Waals surface area contributed by atoms with Gasteiger partial charge in [-0.1, -0.05) is 48.5 Å². The van der Waals surface area contributed by atoms with Crippen LogP contribution in [0.4, 0.5) is 5.69 Å². The van der Waals surface area contributed by atoms with Gasteiger partial charge in [0.2, 0.25) is 0 Å². The van der Waals surface area contributed by atoms with Crippen LogP contribution in [0.3, 0.4) is 0 Å². The van der Waals surface area contributed by atoms with Crippen LogP contribution in [-0.2, 0) is 13.0 Å². The largest absolute Gasteiger partial charge is 0.344 e. The Hall–Kier alpha value is -1.80. The summed E-state index contributed by atoms with van der Waals surface area (Å²) >= 11 is 0. The fraction of sp³-hybridized carbons (Fsp3) is 0.188. The van der Waals surface area contributed by atoms with E-state index in [0.717, 1.165) is 25.2 Å². The molecule has 3 heteroatoms. The summed E-state index contributed by atoms with van der Waals surface area (Å²) in [4.78, 5) is 4.66. The molecule has 1 heterocycles. The predicted molar refractivity (Wildman–Crippen MR) is 83.2 cm³/mol. The van der Waals surface area contributed by atoms with Crippen LogP contribution in [0.5, 0.6) is 0 Å². The Kier molecular flexibility index (Phi) is 4.58. The van der Waals surface area contributed by atoms with Crippen LogP contribution in [0.2, 0.25) is 0 Å². The fourth-order valence-corrected chi connectivity index (χ4v) is 2.22. The Bertz CT molecular complexity index is 564. The molecule has 0 spiro atoms. The van der Waals surface area contributed by atoms with E-state index in [9.17, 15) is 0 Å². The predicted octanol–water partition coefficient (Wildman–Crippen LogP) is 4.07. The molecule has 1 aliphatic heterocycles. The lowest BCUT2D eigenvalue weighted by atomic mass is 10.0. The maximum absolute atomic E-state index is 4.66. The molecule has 2 aromatic rings. The quantitative estimate of drug-likeness (QED) is 0.876. The van der Waals surface area contributed by atoms with Crippen molar-refractivity contribution in [2.24, 2.45) is 4.99 Å². The molecule has 0 amide bonds. The van der Waals surface area contributed by atoms with Gasteiger partial charge in [-0.3, -0.25) is 4.99 Å². The van der Waals surface area contributed by atoms with Gasteiger partial charge in [0.05, 0.1) is 6.54 Å². The number of benzene rings is 2. The average molecular weight is 273 g/mol. The normalized spacial score (nSPS) is 15.3. The first-order valence-corrected chi connectivity index (χ1v) is 6.34. The molecule has 1 aliphatic rings. The minimum atomic E-state index is 0. The van der Waals surface area contributed by atoms with E-state index >= 15 is 0 Å². The SMILES string of the molecule is Cl.c1ccc(CN=C2CCc3ccccc3N2)cc1. The van der Waals surface area contributed by atoms with E-state index in [1.54, 1.807) is 0 Å². The number of amidine groups is 1. The van der Waals surface area contributed by atoms with Crippen molar-refractivity contribution < 1.29 is 0 Å². The molecule has 19 heavy (non-hydrogen) atoms. The van der Waals surface area contributed by atoms with Crippen molar-refractivity contribution in [3.05, 3.63) is 65.7 Å². The number of anilines is 1. The second-order valence-corrected chi connectivity index (χ2v) is 4.53. The summed E-state index contributed by atoms with van der Waals surface area (Å²) < 4.78 is 0. The maximum atomic E-state index is 4.66. The molecule has 0 radical (unpaired) electrons. The Balaban J connectivity index is 0.00000133. The number of aliphatic imine (C=N–C) groups is 1. The Morgan fingerprint density at radius 3 is 2.47 bits per heavy atom. The van der Waals surface area contributed by atoms with Crippen LogP contribution < -0.4 is 5.32 Å². The van der Waals surface area contributed by atoms with Crippen molar-refractivity contribution in [2.75, 3.05) is 5.32 Å². The van der Waals surface area contributed by atoms with Gasteiger partial charge in [-0.15, -0.1) is 12.4 Å². The topological polar surface area (TPSA) is 24.4 Å². The van der Waals surface area contributed by atoms with Crippen LogP contribution in [0.15, 0.2) is 59.6 Å². The molecule has 0 fully saturated rings. The molecule has 98 valence electrons. The molecular weight excluding hydrogens is 256 g/mol. The van der Waals surface area contributed by atoms with Crippen LogP contribution in [-0.4, -0.2) is 5.84 Å². The third kappa shape index (κ3) is 3.36. The fourth-order valence-electron chi connectivity index (χ4n) is 2.22. The molecule has 1 N–H and O–H groups in total. The lowest BCUT2D eigenvalue weighted by Gasteiger charge is -2.19. The number of aryl methyl sites for hydroxylation is 1. The summed E-state index contributed by atoms with van der Waals surface area (Å²) in [6.07, 6.45) is 2.08. The minimum absolute atomic E-state index is 0. The smallest absolute Gasteiger partial charge is 0.101 e. The van der Waals surface area contributed by atoms with Gasteiger partial charge in [-0.25, -0.2) is 0 Å². The number of para-hydroxylation sites is 1. The second kappa shape index (κ2) is 6.39. The van der Waals surface area contributed by atoms with Crippen LogP contribution in [0.1, 0.15) is 17.5 Å². The number of nitrogens with one attached hydrogen (secondary N) is 1. The summed E-state index contributed by atoms with van der Waals surface area (Å²) in [6.45, 7) is 0.755. The van der Waals surface area contributed by atoms with Crippen molar-refractivity contribution in [3.63, 3.8) is 0 Å². The molecular formula is C16H17ClN2. The zero-order valence-electron chi connectivity index (χ0n) is 10.7. The van der Waals surface area contributed by atoms with Gasteiger partial charge in [0.1, 0.15) is 5.84 Å². The highest BCUT2D eigenvalue weighted by Gasteiger charge is 2.11. The summed E-state index contributed by atoms with van der Waals surface area (Å²) in [6, 6.07) is 18.8. The first-order chi connectivity index (χ1) is 8.92. The highest BCUT2D eigenvalue weighted by atomic mass is 35.5. The summed E-state index contributed by atoms with van der Waals surface area (Å²) in [5, 5.41) is 3.42. The number of fused-ring (bicyclic) bond motifs is 1. The zero-order valence-corrected chi connectivity index (χ0v) is 11.5. The number of hydrogen-bond donors (Lipinski definition) is 1. The van der Waals surface area contributed by atoms with Gasteiger partial charge >= 0.3 is 0 Å². The van der Waals surface area contributed by atoms with Crippen LogP contribution >= 0.6 is 12.4 Å². The molecule has 2 aromatic carbocycles. The van der Waals surface area contributed by atoms with Crippen LogP contribution in [0, 0.1) is 0 Å². The lowest BCUT2D eigenvalue weighted by Crippen LogP contribution is -2.19. The van der Waals surface area contributed by atoms with E-state index in [4.69, 9.17) is 0 Å². The molecule has 2 nitrogen and oxygen atoms in total. The molecule has 0 bridgehead atoms. The van der Waals surface area contributed by atoms with E-state index in [1.807, 2.05) is 6.07 Å². The summed E-state index contributed by atoms with van der Waals surface area (Å²) in [5.41, 5.74) is 3.84. The summed E-state index contributed by atoms with van der Waals surface area (Å²) in [7, 11) is 0. The third-order valence-electron chi connectivity index (χ3n) is 3.22.